The third kappa shape index (κ3) is 2.63. The Morgan fingerprint density at radius 2 is 1.89 bits per heavy atom. The summed E-state index contributed by atoms with van der Waals surface area (Å²) in [6.07, 6.45) is 1.32. The summed E-state index contributed by atoms with van der Waals surface area (Å²) in [6, 6.07) is 7.18. The van der Waals surface area contributed by atoms with E-state index in [1.54, 1.807) is 0 Å². The Hall–Kier alpha value is -2.00. The Labute approximate surface area is 110 Å². The lowest BCUT2D eigenvalue weighted by Crippen LogP contribution is -1.99. The second-order valence-corrected chi connectivity index (χ2v) is 4.33. The van der Waals surface area contributed by atoms with Crippen molar-refractivity contribution >= 4 is 27.4 Å². The fourth-order valence-electron chi connectivity index (χ4n) is 1.32. The fourth-order valence-corrected chi connectivity index (χ4v) is 1.73. The monoisotopic (exact) mass is 309 g/mol. The number of nitriles is 1. The number of rotatable bonds is 2. The molecule has 0 atom stereocenters. The summed E-state index contributed by atoms with van der Waals surface area (Å²) < 4.78 is 27.4. The van der Waals surface area contributed by atoms with Crippen LogP contribution in [0.2, 0.25) is 0 Å². The number of nitrogens with zero attached hydrogens (tertiary/aromatic N) is 2. The van der Waals surface area contributed by atoms with Crippen molar-refractivity contribution in [3.63, 3.8) is 0 Å². The zero-order chi connectivity index (χ0) is 13.1. The number of halogens is 3. The molecule has 2 aromatic rings. The molecule has 2 rings (SSSR count). The van der Waals surface area contributed by atoms with Crippen molar-refractivity contribution < 1.29 is 8.78 Å². The van der Waals surface area contributed by atoms with Gasteiger partial charge in [0.25, 0.3) is 0 Å². The molecule has 0 bridgehead atoms. The highest BCUT2D eigenvalue weighted by atomic mass is 79.9. The van der Waals surface area contributed by atoms with Crippen LogP contribution >= 0.6 is 15.9 Å². The van der Waals surface area contributed by atoms with E-state index in [2.05, 4.69) is 26.2 Å². The smallest absolute Gasteiger partial charge is 0.150 e. The third-order valence-electron chi connectivity index (χ3n) is 2.15. The first-order chi connectivity index (χ1) is 8.60. The van der Waals surface area contributed by atoms with Gasteiger partial charge in [0.05, 0.1) is 5.56 Å². The number of hydrogen-bond donors (Lipinski definition) is 1. The molecule has 0 saturated heterocycles. The van der Waals surface area contributed by atoms with Crippen molar-refractivity contribution in [1.82, 2.24) is 4.98 Å². The van der Waals surface area contributed by atoms with Gasteiger partial charge in [0.2, 0.25) is 0 Å². The minimum atomic E-state index is -0.729. The predicted octanol–water partition coefficient (Wildman–Crippen LogP) is 3.74. The highest BCUT2D eigenvalue weighted by molar-refractivity contribution is 9.10. The van der Waals surface area contributed by atoms with Gasteiger partial charge in [-0.3, -0.25) is 0 Å². The lowest BCUT2D eigenvalue weighted by Gasteiger charge is -2.08. The molecule has 0 unspecified atom stereocenters. The first kappa shape index (κ1) is 12.5. The van der Waals surface area contributed by atoms with Gasteiger partial charge in [-0.05, 0) is 24.3 Å². The van der Waals surface area contributed by atoms with Crippen LogP contribution in [0.1, 0.15) is 5.56 Å². The summed E-state index contributed by atoms with van der Waals surface area (Å²) in [5, 5.41) is 11.1. The van der Waals surface area contributed by atoms with E-state index in [4.69, 9.17) is 5.26 Å². The van der Waals surface area contributed by atoms with Crippen molar-refractivity contribution in [2.75, 3.05) is 5.32 Å². The molecule has 0 aliphatic carbocycles. The molecule has 1 heterocycles. The summed E-state index contributed by atoms with van der Waals surface area (Å²) in [5.41, 5.74) is 0.0905. The lowest BCUT2D eigenvalue weighted by molar-refractivity contribution is 0.589. The Morgan fingerprint density at radius 3 is 2.39 bits per heavy atom. The summed E-state index contributed by atoms with van der Waals surface area (Å²) in [6.45, 7) is 0. The van der Waals surface area contributed by atoms with Crippen molar-refractivity contribution in [3.05, 3.63) is 52.1 Å². The minimum absolute atomic E-state index is 0.258. The van der Waals surface area contributed by atoms with E-state index >= 15 is 0 Å². The van der Waals surface area contributed by atoms with Crippen molar-refractivity contribution in [3.8, 4) is 6.07 Å². The molecule has 6 heteroatoms. The molecule has 1 N–H and O–H groups in total. The minimum Gasteiger partial charge on any atom is -0.335 e. The maximum absolute atomic E-state index is 13.5. The average Bonchev–Trinajstić information content (AvgIpc) is 2.34. The van der Waals surface area contributed by atoms with Gasteiger partial charge in [-0.25, -0.2) is 13.8 Å². The first-order valence-corrected chi connectivity index (χ1v) is 5.67. The molecule has 0 aliphatic rings. The molecular formula is C12H6BrF2N3. The highest BCUT2D eigenvalue weighted by Crippen LogP contribution is 2.26. The number of aromatic nitrogens is 1. The highest BCUT2D eigenvalue weighted by Gasteiger charge is 2.11. The normalized spacial score (nSPS) is 9.89. The maximum Gasteiger partial charge on any atom is 0.150 e. The van der Waals surface area contributed by atoms with Crippen LogP contribution in [0.4, 0.5) is 20.3 Å². The standard InChI is InChI=1S/C12H6BrF2N3/c13-8-3-9(14)12(10(15)4-8)18-11-2-1-7(5-16)6-17-11/h1-4,6H,(H,17,18). The topological polar surface area (TPSA) is 48.7 Å². The van der Waals surface area contributed by atoms with Crippen molar-refractivity contribution in [2.24, 2.45) is 0 Å². The quantitative estimate of drug-likeness (QED) is 0.919. The van der Waals surface area contributed by atoms with Gasteiger partial charge in [0.15, 0.2) is 11.6 Å². The van der Waals surface area contributed by atoms with E-state index < -0.39 is 11.6 Å². The van der Waals surface area contributed by atoms with Crippen LogP contribution in [0, 0.1) is 23.0 Å². The van der Waals surface area contributed by atoms with Gasteiger partial charge in [0, 0.05) is 10.7 Å². The number of benzene rings is 1. The number of nitrogens with one attached hydrogen (secondary N) is 1. The number of anilines is 2. The number of hydrogen-bond acceptors (Lipinski definition) is 3. The van der Waals surface area contributed by atoms with E-state index in [0.717, 1.165) is 12.1 Å². The molecule has 0 radical (unpaired) electrons. The summed E-state index contributed by atoms with van der Waals surface area (Å²) in [5.74, 6) is -1.20. The Bertz CT molecular complexity index is 597. The molecule has 0 saturated carbocycles. The molecular weight excluding hydrogens is 304 g/mol. The van der Waals surface area contributed by atoms with Crippen LogP contribution in [-0.4, -0.2) is 4.98 Å². The van der Waals surface area contributed by atoms with Gasteiger partial charge in [-0.2, -0.15) is 5.26 Å². The van der Waals surface area contributed by atoms with Crippen LogP contribution in [0.3, 0.4) is 0 Å². The van der Waals surface area contributed by atoms with Gasteiger partial charge < -0.3 is 5.32 Å². The molecule has 18 heavy (non-hydrogen) atoms. The van der Waals surface area contributed by atoms with Crippen molar-refractivity contribution in [1.29, 1.82) is 5.26 Å². The van der Waals surface area contributed by atoms with Gasteiger partial charge >= 0.3 is 0 Å². The molecule has 0 fully saturated rings. The van der Waals surface area contributed by atoms with Crippen LogP contribution in [0.25, 0.3) is 0 Å². The molecule has 3 nitrogen and oxygen atoms in total. The van der Waals surface area contributed by atoms with E-state index in [1.165, 1.54) is 18.3 Å². The Morgan fingerprint density at radius 1 is 1.22 bits per heavy atom. The first-order valence-electron chi connectivity index (χ1n) is 4.88. The fraction of sp³-hybridized carbons (Fsp3) is 0. The average molecular weight is 310 g/mol. The second kappa shape index (κ2) is 5.10. The van der Waals surface area contributed by atoms with E-state index in [-0.39, 0.29) is 11.5 Å². The van der Waals surface area contributed by atoms with Crippen LogP contribution in [-0.2, 0) is 0 Å². The molecule has 1 aromatic heterocycles. The van der Waals surface area contributed by atoms with Crippen LogP contribution in [0.15, 0.2) is 34.9 Å². The largest absolute Gasteiger partial charge is 0.335 e. The Kier molecular flexibility index (Phi) is 3.53. The third-order valence-corrected chi connectivity index (χ3v) is 2.61. The molecule has 1 aromatic carbocycles. The molecule has 0 aliphatic heterocycles. The van der Waals surface area contributed by atoms with Crippen LogP contribution < -0.4 is 5.32 Å². The molecule has 90 valence electrons. The van der Waals surface area contributed by atoms with E-state index in [0.29, 0.717) is 10.0 Å². The van der Waals surface area contributed by atoms with Gasteiger partial charge in [-0.1, -0.05) is 15.9 Å². The zero-order valence-electron chi connectivity index (χ0n) is 8.92. The number of pyridine rings is 1. The van der Waals surface area contributed by atoms with E-state index in [9.17, 15) is 8.78 Å². The SMILES string of the molecule is N#Cc1ccc(Nc2c(F)cc(Br)cc2F)nc1. The lowest BCUT2D eigenvalue weighted by atomic mass is 10.2. The van der Waals surface area contributed by atoms with Gasteiger partial charge in [0.1, 0.15) is 17.6 Å². The van der Waals surface area contributed by atoms with Gasteiger partial charge in [-0.15, -0.1) is 0 Å². The van der Waals surface area contributed by atoms with Crippen LogP contribution in [0.5, 0.6) is 0 Å². The summed E-state index contributed by atoms with van der Waals surface area (Å²) in [7, 11) is 0. The zero-order valence-corrected chi connectivity index (χ0v) is 10.5. The molecule has 0 amide bonds. The van der Waals surface area contributed by atoms with Crippen molar-refractivity contribution in [2.45, 2.75) is 0 Å². The Balaban J connectivity index is 2.31. The predicted molar refractivity (Wildman–Crippen MR) is 66.3 cm³/mol. The molecule has 0 spiro atoms. The summed E-state index contributed by atoms with van der Waals surface area (Å²) in [4.78, 5) is 3.87. The van der Waals surface area contributed by atoms with E-state index in [1.807, 2.05) is 6.07 Å². The summed E-state index contributed by atoms with van der Waals surface area (Å²) >= 11 is 2.99. The maximum atomic E-state index is 13.5. The second-order valence-electron chi connectivity index (χ2n) is 3.41.